The highest BCUT2D eigenvalue weighted by Gasteiger charge is 2.29. The summed E-state index contributed by atoms with van der Waals surface area (Å²) in [6.45, 7) is 1.32. The molecule has 3 rings (SSSR count). The van der Waals surface area contributed by atoms with Crippen molar-refractivity contribution in [2.24, 2.45) is 5.92 Å². The maximum Gasteiger partial charge on any atom is 0.321 e. The van der Waals surface area contributed by atoms with Crippen LogP contribution in [0.2, 0.25) is 5.02 Å². The second-order valence-electron chi connectivity index (χ2n) is 6.33. The molecule has 1 heterocycles. The number of hydrogen-bond donors (Lipinski definition) is 2. The maximum atomic E-state index is 12.2. The molecule has 5 nitrogen and oxygen atoms in total. The molecule has 0 bridgehead atoms. The Morgan fingerprint density at radius 1 is 1.04 bits per heavy atom. The van der Waals surface area contributed by atoms with Gasteiger partial charge in [-0.15, -0.1) is 0 Å². The van der Waals surface area contributed by atoms with E-state index in [0.29, 0.717) is 18.1 Å². The molecule has 2 fully saturated rings. The summed E-state index contributed by atoms with van der Waals surface area (Å²) in [7, 11) is 0. The summed E-state index contributed by atoms with van der Waals surface area (Å²) < 4.78 is 0. The van der Waals surface area contributed by atoms with Crippen molar-refractivity contribution >= 4 is 29.2 Å². The zero-order valence-electron chi connectivity index (χ0n) is 13.1. The Morgan fingerprint density at radius 2 is 1.70 bits per heavy atom. The number of halogens is 1. The molecule has 0 aromatic heterocycles. The van der Waals surface area contributed by atoms with E-state index in [1.807, 2.05) is 0 Å². The van der Waals surface area contributed by atoms with E-state index in [9.17, 15) is 9.59 Å². The molecular weight excluding hydrogens is 314 g/mol. The molecule has 6 heteroatoms. The van der Waals surface area contributed by atoms with Crippen molar-refractivity contribution in [3.63, 3.8) is 0 Å². The number of piperidine rings is 1. The molecule has 1 aromatic carbocycles. The van der Waals surface area contributed by atoms with Crippen LogP contribution in [-0.2, 0) is 4.79 Å². The fraction of sp³-hybridized carbons (Fsp3) is 0.529. The Hall–Kier alpha value is -1.75. The van der Waals surface area contributed by atoms with Crippen LogP contribution in [0.4, 0.5) is 10.5 Å². The average molecular weight is 336 g/mol. The number of carbonyl (C=O) groups excluding carboxylic acids is 2. The predicted molar refractivity (Wildman–Crippen MR) is 90.5 cm³/mol. The largest absolute Gasteiger partial charge is 0.353 e. The van der Waals surface area contributed by atoms with Crippen LogP contribution in [0.5, 0.6) is 0 Å². The molecular formula is C17H22ClN3O2. The number of hydrogen-bond acceptors (Lipinski definition) is 2. The molecule has 2 N–H and O–H groups in total. The number of carbonyl (C=O) groups is 2. The fourth-order valence-electron chi connectivity index (χ4n) is 2.95. The number of nitrogens with zero attached hydrogens (tertiary/aromatic N) is 1. The van der Waals surface area contributed by atoms with Crippen molar-refractivity contribution in [2.75, 3.05) is 18.4 Å². The normalized spacial score (nSPS) is 19.1. The van der Waals surface area contributed by atoms with Crippen LogP contribution in [-0.4, -0.2) is 36.0 Å². The van der Waals surface area contributed by atoms with Crippen molar-refractivity contribution in [3.05, 3.63) is 29.3 Å². The second-order valence-corrected chi connectivity index (χ2v) is 6.77. The van der Waals surface area contributed by atoms with Crippen molar-refractivity contribution in [3.8, 4) is 0 Å². The highest BCUT2D eigenvalue weighted by molar-refractivity contribution is 6.30. The van der Waals surface area contributed by atoms with Crippen molar-refractivity contribution in [2.45, 2.75) is 38.1 Å². The fourth-order valence-corrected chi connectivity index (χ4v) is 3.08. The molecule has 23 heavy (non-hydrogen) atoms. The van der Waals surface area contributed by atoms with E-state index in [4.69, 9.17) is 11.6 Å². The first-order chi connectivity index (χ1) is 11.1. The summed E-state index contributed by atoms with van der Waals surface area (Å²) in [6.07, 6.45) is 4.84. The first-order valence-corrected chi connectivity index (χ1v) is 8.61. The predicted octanol–water partition coefficient (Wildman–Crippen LogP) is 3.25. The summed E-state index contributed by atoms with van der Waals surface area (Å²) >= 11 is 5.83. The molecule has 1 saturated heterocycles. The van der Waals surface area contributed by atoms with Crippen LogP contribution >= 0.6 is 11.6 Å². The zero-order valence-corrected chi connectivity index (χ0v) is 13.8. The van der Waals surface area contributed by atoms with E-state index >= 15 is 0 Å². The van der Waals surface area contributed by atoms with Crippen molar-refractivity contribution in [1.29, 1.82) is 0 Å². The molecule has 1 aromatic rings. The van der Waals surface area contributed by atoms with Crippen molar-refractivity contribution in [1.82, 2.24) is 10.2 Å². The molecule has 3 amide bonds. The van der Waals surface area contributed by atoms with E-state index in [1.54, 1.807) is 29.2 Å². The number of anilines is 1. The Labute approximate surface area is 141 Å². The lowest BCUT2D eigenvalue weighted by atomic mass is 9.84. The van der Waals surface area contributed by atoms with Crippen LogP contribution in [0, 0.1) is 5.92 Å². The summed E-state index contributed by atoms with van der Waals surface area (Å²) in [5.74, 6) is 0.418. The number of urea groups is 1. The molecule has 0 unspecified atom stereocenters. The van der Waals surface area contributed by atoms with Gasteiger partial charge in [-0.1, -0.05) is 18.0 Å². The van der Waals surface area contributed by atoms with E-state index in [-0.39, 0.29) is 23.9 Å². The standard InChI is InChI=1S/C17H22ClN3O2/c18-13-4-6-14(7-5-13)20-17(23)21-10-8-15(9-11-21)19-16(22)12-2-1-3-12/h4-7,12,15H,1-3,8-11H2,(H,19,22)(H,20,23). The Morgan fingerprint density at radius 3 is 2.26 bits per heavy atom. The molecule has 124 valence electrons. The molecule has 0 radical (unpaired) electrons. The van der Waals surface area contributed by atoms with Crippen LogP contribution < -0.4 is 10.6 Å². The van der Waals surface area contributed by atoms with Gasteiger partial charge in [0.15, 0.2) is 0 Å². The first kappa shape index (κ1) is 16.1. The highest BCUT2D eigenvalue weighted by Crippen LogP contribution is 2.26. The maximum absolute atomic E-state index is 12.2. The van der Waals surface area contributed by atoms with Crippen LogP contribution in [0.3, 0.4) is 0 Å². The van der Waals surface area contributed by atoms with Gasteiger partial charge in [-0.05, 0) is 49.9 Å². The molecule has 1 aliphatic heterocycles. The highest BCUT2D eigenvalue weighted by atomic mass is 35.5. The summed E-state index contributed by atoms with van der Waals surface area (Å²) in [4.78, 5) is 26.0. The van der Waals surface area contributed by atoms with Gasteiger partial charge in [-0.25, -0.2) is 4.79 Å². The minimum Gasteiger partial charge on any atom is -0.353 e. The lowest BCUT2D eigenvalue weighted by Gasteiger charge is -2.34. The first-order valence-electron chi connectivity index (χ1n) is 8.24. The third-order valence-corrected chi connectivity index (χ3v) is 4.95. The topological polar surface area (TPSA) is 61.4 Å². The average Bonchev–Trinajstić information content (AvgIpc) is 2.48. The van der Waals surface area contributed by atoms with Gasteiger partial charge in [0.05, 0.1) is 0 Å². The number of likely N-dealkylation sites (tertiary alicyclic amines) is 1. The minimum absolute atomic E-state index is 0.101. The van der Waals surface area contributed by atoms with E-state index in [2.05, 4.69) is 10.6 Å². The lowest BCUT2D eigenvalue weighted by Crippen LogP contribution is -2.49. The van der Waals surface area contributed by atoms with Gasteiger partial charge in [0.2, 0.25) is 5.91 Å². The van der Waals surface area contributed by atoms with Gasteiger partial charge in [-0.3, -0.25) is 4.79 Å². The van der Waals surface area contributed by atoms with Gasteiger partial charge >= 0.3 is 6.03 Å². The Kier molecular flexibility index (Phi) is 5.06. The van der Waals surface area contributed by atoms with Crippen LogP contribution in [0.15, 0.2) is 24.3 Å². The van der Waals surface area contributed by atoms with Gasteiger partial charge in [0.25, 0.3) is 0 Å². The van der Waals surface area contributed by atoms with Gasteiger partial charge < -0.3 is 15.5 Å². The monoisotopic (exact) mass is 335 g/mol. The summed E-state index contributed by atoms with van der Waals surface area (Å²) in [5, 5.41) is 6.64. The van der Waals surface area contributed by atoms with E-state index in [1.165, 1.54) is 6.42 Å². The Balaban J connectivity index is 1.43. The Bertz CT molecular complexity index is 564. The SMILES string of the molecule is O=C(NC1CCN(C(=O)Nc2ccc(Cl)cc2)CC1)C1CCC1. The summed E-state index contributed by atoms with van der Waals surface area (Å²) in [5.41, 5.74) is 0.736. The zero-order chi connectivity index (χ0) is 16.2. The summed E-state index contributed by atoms with van der Waals surface area (Å²) in [6, 6.07) is 7.16. The number of nitrogens with one attached hydrogen (secondary N) is 2. The number of amides is 3. The molecule has 1 saturated carbocycles. The minimum atomic E-state index is -0.101. The number of rotatable bonds is 3. The third kappa shape index (κ3) is 4.16. The third-order valence-electron chi connectivity index (χ3n) is 4.70. The molecule has 0 atom stereocenters. The molecule has 2 aliphatic rings. The van der Waals surface area contributed by atoms with Crippen LogP contribution in [0.25, 0.3) is 0 Å². The molecule has 0 spiro atoms. The van der Waals surface area contributed by atoms with Gasteiger partial charge in [0, 0.05) is 35.8 Å². The molecule has 1 aliphatic carbocycles. The van der Waals surface area contributed by atoms with E-state index < -0.39 is 0 Å². The number of benzene rings is 1. The van der Waals surface area contributed by atoms with Crippen LogP contribution in [0.1, 0.15) is 32.1 Å². The second kappa shape index (κ2) is 7.21. The smallest absolute Gasteiger partial charge is 0.321 e. The van der Waals surface area contributed by atoms with Gasteiger partial charge in [-0.2, -0.15) is 0 Å². The van der Waals surface area contributed by atoms with E-state index in [0.717, 1.165) is 31.4 Å². The quantitative estimate of drug-likeness (QED) is 0.890. The lowest BCUT2D eigenvalue weighted by molar-refractivity contribution is -0.128. The van der Waals surface area contributed by atoms with Gasteiger partial charge in [0.1, 0.15) is 0 Å². The van der Waals surface area contributed by atoms with Crippen molar-refractivity contribution < 1.29 is 9.59 Å².